The second kappa shape index (κ2) is 10.2. The van der Waals surface area contributed by atoms with Crippen molar-refractivity contribution in [2.45, 2.75) is 37.9 Å². The highest BCUT2D eigenvalue weighted by Crippen LogP contribution is 2.39. The van der Waals surface area contributed by atoms with Crippen LogP contribution in [0.15, 0.2) is 40.9 Å². The Bertz CT molecular complexity index is 1280. The van der Waals surface area contributed by atoms with Gasteiger partial charge in [-0.05, 0) is 61.6 Å². The van der Waals surface area contributed by atoms with Crippen LogP contribution in [-0.4, -0.2) is 52.6 Å². The molecule has 1 aromatic heterocycles. The highest BCUT2D eigenvalue weighted by atomic mass is 19.4. The van der Waals surface area contributed by atoms with Gasteiger partial charge in [0.2, 0.25) is 11.7 Å². The number of rotatable bonds is 7. The zero-order valence-electron chi connectivity index (χ0n) is 19.7. The molecule has 2 aromatic carbocycles. The van der Waals surface area contributed by atoms with E-state index >= 15 is 0 Å². The van der Waals surface area contributed by atoms with E-state index < -0.39 is 23.9 Å². The number of likely N-dealkylation sites (tertiary alicyclic amines) is 1. The van der Waals surface area contributed by atoms with E-state index in [9.17, 15) is 23.1 Å². The van der Waals surface area contributed by atoms with Gasteiger partial charge in [0.25, 0.3) is 0 Å². The maximum atomic E-state index is 13.8. The highest BCUT2D eigenvalue weighted by Gasteiger charge is 2.36. The number of alkyl halides is 3. The number of aromatic nitrogens is 2. The topological polar surface area (TPSA) is 107 Å². The molecule has 1 N–H and O–H groups in total. The van der Waals surface area contributed by atoms with Crippen LogP contribution in [0.5, 0.6) is 17.2 Å². The van der Waals surface area contributed by atoms with Crippen LogP contribution in [-0.2, 0) is 12.6 Å². The Labute approximate surface area is 209 Å². The quantitative estimate of drug-likeness (QED) is 0.416. The normalized spacial score (nSPS) is 17.2. The third kappa shape index (κ3) is 5.42. The molecule has 1 saturated heterocycles. The van der Waals surface area contributed by atoms with Gasteiger partial charge in [-0.3, -0.25) is 4.90 Å². The monoisotopic (exact) mass is 519 g/mol. The third-order valence-electron chi connectivity index (χ3n) is 6.24. The number of ether oxygens (including phenoxy) is 3. The van der Waals surface area contributed by atoms with Gasteiger partial charge in [0.15, 0.2) is 11.5 Å². The number of amides is 1. The van der Waals surface area contributed by atoms with E-state index in [1.807, 2.05) is 18.2 Å². The molecule has 0 aliphatic carbocycles. The minimum absolute atomic E-state index is 0.0529. The maximum absolute atomic E-state index is 13.8. The van der Waals surface area contributed by atoms with Crippen LogP contribution < -0.4 is 14.2 Å². The lowest BCUT2D eigenvalue weighted by molar-refractivity contribution is -0.138. The summed E-state index contributed by atoms with van der Waals surface area (Å²) in [6, 6.07) is 8.53. The highest BCUT2D eigenvalue weighted by molar-refractivity contribution is 5.66. The maximum Gasteiger partial charge on any atom is 0.419 e. The van der Waals surface area contributed by atoms with Gasteiger partial charge in [-0.15, -0.1) is 0 Å². The SMILES string of the molecule is O=C(O)N1CCC[C@H]1c1nc(-c2ccc(OCCCc3ccc4c(c3)OCCO4)c(C(F)(F)F)c2)no1. The number of aryl methyl sites for hydroxylation is 1. The molecule has 0 bridgehead atoms. The Balaban J connectivity index is 1.26. The molecule has 196 valence electrons. The van der Waals surface area contributed by atoms with Gasteiger partial charge in [0.05, 0.1) is 12.2 Å². The fourth-order valence-corrected chi connectivity index (χ4v) is 4.46. The van der Waals surface area contributed by atoms with E-state index in [-0.39, 0.29) is 29.6 Å². The standard InChI is InChI=1S/C25H24F3N3O6/c26-25(27,28)17-14-16(22-29-23(37-30-22)18-4-1-9-31(18)24(32)33)6-8-19(17)34-10-2-3-15-5-7-20-21(13-15)36-12-11-35-20/h5-8,13-14,18H,1-4,9-12H2,(H,32,33)/t18-/m0/s1. The number of hydrogen-bond donors (Lipinski definition) is 1. The summed E-state index contributed by atoms with van der Waals surface area (Å²) < 4.78 is 63.2. The van der Waals surface area contributed by atoms with Crippen molar-refractivity contribution >= 4 is 6.09 Å². The van der Waals surface area contributed by atoms with Gasteiger partial charge in [-0.1, -0.05) is 11.2 Å². The minimum atomic E-state index is -4.67. The first-order chi connectivity index (χ1) is 17.8. The van der Waals surface area contributed by atoms with Crippen molar-refractivity contribution in [2.75, 3.05) is 26.4 Å². The first-order valence-corrected chi connectivity index (χ1v) is 11.9. The number of carboxylic acid groups (broad SMARTS) is 1. The molecule has 1 fully saturated rings. The lowest BCUT2D eigenvalue weighted by Gasteiger charge is -2.19. The molecule has 0 saturated carbocycles. The Morgan fingerprint density at radius 1 is 1.14 bits per heavy atom. The minimum Gasteiger partial charge on any atom is -0.493 e. The second-order valence-electron chi connectivity index (χ2n) is 8.73. The molecule has 37 heavy (non-hydrogen) atoms. The van der Waals surface area contributed by atoms with Crippen LogP contribution in [0.3, 0.4) is 0 Å². The molecule has 2 aliphatic rings. The van der Waals surface area contributed by atoms with Crippen molar-refractivity contribution in [3.05, 3.63) is 53.4 Å². The molecular weight excluding hydrogens is 495 g/mol. The van der Waals surface area contributed by atoms with E-state index in [4.69, 9.17) is 18.7 Å². The Morgan fingerprint density at radius 3 is 2.73 bits per heavy atom. The Kier molecular flexibility index (Phi) is 6.81. The number of halogens is 3. The molecule has 1 atom stereocenters. The zero-order chi connectivity index (χ0) is 26.0. The average Bonchev–Trinajstić information content (AvgIpc) is 3.56. The van der Waals surface area contributed by atoms with E-state index in [0.29, 0.717) is 56.9 Å². The summed E-state index contributed by atoms with van der Waals surface area (Å²) in [7, 11) is 0. The van der Waals surface area contributed by atoms with E-state index in [1.54, 1.807) is 0 Å². The summed E-state index contributed by atoms with van der Waals surface area (Å²) >= 11 is 0. The predicted octanol–water partition coefficient (Wildman–Crippen LogP) is 5.35. The zero-order valence-corrected chi connectivity index (χ0v) is 19.7. The molecule has 9 nitrogen and oxygen atoms in total. The van der Waals surface area contributed by atoms with Crippen molar-refractivity contribution in [1.82, 2.24) is 15.0 Å². The van der Waals surface area contributed by atoms with Crippen LogP contribution in [0.25, 0.3) is 11.4 Å². The smallest absolute Gasteiger partial charge is 0.419 e. The number of carbonyl (C=O) groups is 1. The first kappa shape index (κ1) is 24.7. The summed E-state index contributed by atoms with van der Waals surface area (Å²) in [5.74, 6) is 1.05. The summed E-state index contributed by atoms with van der Waals surface area (Å²) in [4.78, 5) is 16.7. The number of nitrogens with zero attached hydrogens (tertiary/aromatic N) is 3. The average molecular weight is 519 g/mol. The van der Waals surface area contributed by atoms with Gasteiger partial charge < -0.3 is 23.8 Å². The number of benzene rings is 2. The first-order valence-electron chi connectivity index (χ1n) is 11.9. The van der Waals surface area contributed by atoms with Crippen LogP contribution >= 0.6 is 0 Å². The Morgan fingerprint density at radius 2 is 1.95 bits per heavy atom. The molecule has 3 heterocycles. The van der Waals surface area contributed by atoms with E-state index in [0.717, 1.165) is 11.6 Å². The van der Waals surface area contributed by atoms with Crippen LogP contribution in [0.4, 0.5) is 18.0 Å². The lowest BCUT2D eigenvalue weighted by Crippen LogP contribution is -2.28. The molecular formula is C25H24F3N3O6. The molecule has 3 aromatic rings. The van der Waals surface area contributed by atoms with Gasteiger partial charge in [-0.2, -0.15) is 18.2 Å². The fraction of sp³-hybridized carbons (Fsp3) is 0.400. The van der Waals surface area contributed by atoms with Crippen molar-refractivity contribution in [1.29, 1.82) is 0 Å². The molecule has 2 aliphatic heterocycles. The summed E-state index contributed by atoms with van der Waals surface area (Å²) in [6.07, 6.45) is -3.56. The van der Waals surface area contributed by atoms with Crippen molar-refractivity contribution in [3.63, 3.8) is 0 Å². The van der Waals surface area contributed by atoms with Crippen molar-refractivity contribution in [2.24, 2.45) is 0 Å². The molecule has 1 amide bonds. The van der Waals surface area contributed by atoms with Crippen molar-refractivity contribution in [3.8, 4) is 28.6 Å². The van der Waals surface area contributed by atoms with Gasteiger partial charge in [0.1, 0.15) is 25.0 Å². The predicted molar refractivity (Wildman–Crippen MR) is 123 cm³/mol. The summed E-state index contributed by atoms with van der Waals surface area (Å²) in [6.45, 7) is 1.38. The molecule has 5 rings (SSSR count). The van der Waals surface area contributed by atoms with Crippen LogP contribution in [0, 0.1) is 0 Å². The molecule has 0 unspecified atom stereocenters. The van der Waals surface area contributed by atoms with Crippen molar-refractivity contribution < 1.29 is 41.8 Å². The Hall–Kier alpha value is -3.96. The lowest BCUT2D eigenvalue weighted by atomic mass is 10.1. The fourth-order valence-electron chi connectivity index (χ4n) is 4.46. The summed E-state index contributed by atoms with van der Waals surface area (Å²) in [5.41, 5.74) is 0.102. The van der Waals surface area contributed by atoms with Crippen LogP contribution in [0.1, 0.15) is 42.3 Å². The number of fused-ring (bicyclic) bond motifs is 1. The molecule has 12 heteroatoms. The van der Waals surface area contributed by atoms with Gasteiger partial charge in [-0.25, -0.2) is 4.79 Å². The molecule has 0 radical (unpaired) electrons. The van der Waals surface area contributed by atoms with Crippen LogP contribution in [0.2, 0.25) is 0 Å². The summed E-state index contributed by atoms with van der Waals surface area (Å²) in [5, 5.41) is 13.1. The van der Waals surface area contributed by atoms with Gasteiger partial charge >= 0.3 is 12.3 Å². The number of hydrogen-bond acceptors (Lipinski definition) is 7. The third-order valence-corrected chi connectivity index (χ3v) is 6.24. The van der Waals surface area contributed by atoms with E-state index in [2.05, 4.69) is 10.1 Å². The van der Waals surface area contributed by atoms with Gasteiger partial charge in [0, 0.05) is 12.1 Å². The second-order valence-corrected chi connectivity index (χ2v) is 8.73. The molecule has 0 spiro atoms. The largest absolute Gasteiger partial charge is 0.493 e. The van der Waals surface area contributed by atoms with E-state index in [1.165, 1.54) is 17.0 Å².